The number of benzene rings is 2. The van der Waals surface area contributed by atoms with Crippen molar-refractivity contribution < 1.29 is 43.5 Å². The van der Waals surface area contributed by atoms with Crippen LogP contribution in [0.3, 0.4) is 0 Å². The SMILES string of the molecule is CC[C@H](C)[C@H](NC(=O)[C@H](Cc1ccc(N)cc1)NC(=O)[C@@H](NC(=O)[C@H](CCCN=C(N)N)NC(=O)CNC)C(C)C)C(=O)N[C@@H](Cc1cnc[nH]1)C(=O)N1CCC[C@H]1C(=O)N[C@@H](Cc1ccccc1)C(=O)O. The maximum absolute atomic E-state index is 14.6. The average molecular weight is 1000 g/mol. The molecule has 23 heteroatoms. The summed E-state index contributed by atoms with van der Waals surface area (Å²) in [7, 11) is 1.57. The van der Waals surface area contributed by atoms with E-state index < -0.39 is 101 Å². The number of likely N-dealkylation sites (tertiary alicyclic amines) is 1. The van der Waals surface area contributed by atoms with E-state index in [0.717, 1.165) is 0 Å². The molecule has 1 fully saturated rings. The van der Waals surface area contributed by atoms with E-state index in [1.807, 2.05) is 6.92 Å². The van der Waals surface area contributed by atoms with Gasteiger partial charge in [-0.15, -0.1) is 0 Å². The van der Waals surface area contributed by atoms with Crippen LogP contribution in [-0.2, 0) is 57.6 Å². The first-order valence-corrected chi connectivity index (χ1v) is 24.2. The predicted molar refractivity (Wildman–Crippen MR) is 269 cm³/mol. The Hall–Kier alpha value is -7.56. The molecule has 3 aromatic rings. The Kier molecular flexibility index (Phi) is 22.4. The van der Waals surface area contributed by atoms with Gasteiger partial charge in [0, 0.05) is 49.9 Å². The predicted octanol–water partition coefficient (Wildman–Crippen LogP) is -1.02. The van der Waals surface area contributed by atoms with Crippen LogP contribution < -0.4 is 54.4 Å². The molecule has 72 heavy (non-hydrogen) atoms. The van der Waals surface area contributed by atoms with E-state index in [1.54, 1.807) is 82.4 Å². The topological polar surface area (TPSA) is 363 Å². The van der Waals surface area contributed by atoms with Crippen molar-refractivity contribution >= 4 is 59.0 Å². The highest BCUT2D eigenvalue weighted by molar-refractivity contribution is 5.98. The maximum atomic E-state index is 14.6. The summed E-state index contributed by atoms with van der Waals surface area (Å²) in [6.45, 7) is 7.23. The Labute approximate surface area is 419 Å². The fourth-order valence-electron chi connectivity index (χ4n) is 8.18. The van der Waals surface area contributed by atoms with Crippen LogP contribution in [-0.4, -0.2) is 142 Å². The number of carboxylic acid groups (broad SMARTS) is 1. The molecule has 8 atom stereocenters. The zero-order valence-corrected chi connectivity index (χ0v) is 41.6. The lowest BCUT2D eigenvalue weighted by molar-refractivity contribution is -0.145. The summed E-state index contributed by atoms with van der Waals surface area (Å²) in [4.78, 5) is 123. The number of hydrogen-bond acceptors (Lipinski definition) is 12. The molecule has 2 heterocycles. The molecule has 1 aromatic heterocycles. The van der Waals surface area contributed by atoms with Crippen LogP contribution in [0.2, 0.25) is 0 Å². The Morgan fingerprint density at radius 3 is 2.01 bits per heavy atom. The standard InChI is InChI=1S/C49H72N14O9/c1-6-29(4)41(46(69)59-36(24-33-25-54-27-56-33)47(70)63-21-11-15-38(63)44(67)60-37(48(71)72)23-30-12-8-7-9-13-30)62-43(66)35(22-31-16-18-32(50)19-17-31)58-45(68)40(28(2)3)61-42(65)34(57-39(64)26-53-5)14-10-20-55-49(51)52/h7-9,12-13,16-19,25,27-29,34-38,40-41,53H,6,10-11,14-15,20-24,26,50H2,1-5H3,(H,54,56)(H,57,64)(H,58,68)(H,59,69)(H,60,67)(H,61,65)(H,62,66)(H,71,72)(H4,51,52,55)/t29-,34-,35-,36-,37-,38-,40-,41-/m0/s1. The number of amides is 7. The molecule has 23 nitrogen and oxygen atoms in total. The highest BCUT2D eigenvalue weighted by Crippen LogP contribution is 2.21. The number of hydrogen-bond donors (Lipinski definition) is 12. The number of likely N-dealkylation sites (N-methyl/N-ethyl adjacent to an activating group) is 1. The third-order valence-corrected chi connectivity index (χ3v) is 12.4. The van der Waals surface area contributed by atoms with E-state index in [1.165, 1.54) is 17.4 Å². The van der Waals surface area contributed by atoms with E-state index in [9.17, 15) is 43.5 Å². The molecule has 0 saturated carbocycles. The maximum Gasteiger partial charge on any atom is 0.326 e. The van der Waals surface area contributed by atoms with Gasteiger partial charge in [-0.2, -0.15) is 0 Å². The van der Waals surface area contributed by atoms with Crippen LogP contribution in [0.5, 0.6) is 0 Å². The van der Waals surface area contributed by atoms with Gasteiger partial charge in [0.2, 0.25) is 41.4 Å². The van der Waals surface area contributed by atoms with Gasteiger partial charge >= 0.3 is 5.97 Å². The molecular weight excluding hydrogens is 929 g/mol. The van der Waals surface area contributed by atoms with Crippen LogP contribution in [0.25, 0.3) is 0 Å². The summed E-state index contributed by atoms with van der Waals surface area (Å²) in [6, 6.07) is 7.07. The third kappa shape index (κ3) is 17.7. The molecule has 0 unspecified atom stereocenters. The zero-order chi connectivity index (χ0) is 52.9. The summed E-state index contributed by atoms with van der Waals surface area (Å²) >= 11 is 0. The number of aliphatic carboxylic acids is 1. The number of imidazole rings is 1. The number of carbonyl (C=O) groups is 8. The number of aliphatic imine (C=N–C) groups is 1. The van der Waals surface area contributed by atoms with E-state index in [4.69, 9.17) is 17.2 Å². The van der Waals surface area contributed by atoms with Gasteiger partial charge in [0.15, 0.2) is 5.96 Å². The second-order valence-electron chi connectivity index (χ2n) is 18.3. The van der Waals surface area contributed by atoms with Gasteiger partial charge in [-0.3, -0.25) is 38.6 Å². The summed E-state index contributed by atoms with van der Waals surface area (Å²) in [5, 5.41) is 29.2. The van der Waals surface area contributed by atoms with Crippen LogP contribution in [0, 0.1) is 11.8 Å². The minimum atomic E-state index is -1.31. The number of aromatic nitrogens is 2. The monoisotopic (exact) mass is 1000 g/mol. The first-order valence-electron chi connectivity index (χ1n) is 24.2. The van der Waals surface area contributed by atoms with Gasteiger partial charge in [-0.25, -0.2) is 9.78 Å². The zero-order valence-electron chi connectivity index (χ0n) is 41.6. The first-order chi connectivity index (χ1) is 34.3. The van der Waals surface area contributed by atoms with E-state index >= 15 is 0 Å². The van der Waals surface area contributed by atoms with Crippen molar-refractivity contribution in [1.29, 1.82) is 0 Å². The number of rotatable bonds is 28. The highest BCUT2D eigenvalue weighted by Gasteiger charge is 2.41. The van der Waals surface area contributed by atoms with Crippen LogP contribution in [0.15, 0.2) is 72.1 Å². The van der Waals surface area contributed by atoms with Crippen LogP contribution >= 0.6 is 0 Å². The number of aromatic amines is 1. The summed E-state index contributed by atoms with van der Waals surface area (Å²) in [6.07, 6.45) is 4.33. The minimum absolute atomic E-state index is 0.0194. The van der Waals surface area contributed by atoms with Crippen molar-refractivity contribution in [3.05, 3.63) is 83.9 Å². The lowest BCUT2D eigenvalue weighted by Crippen LogP contribution is -2.62. The van der Waals surface area contributed by atoms with Gasteiger partial charge in [-0.1, -0.05) is 76.6 Å². The van der Waals surface area contributed by atoms with Crippen molar-refractivity contribution in [3.63, 3.8) is 0 Å². The van der Waals surface area contributed by atoms with Crippen molar-refractivity contribution in [2.75, 3.05) is 32.4 Å². The summed E-state index contributed by atoms with van der Waals surface area (Å²) in [5.74, 6) is -6.96. The minimum Gasteiger partial charge on any atom is -0.480 e. The Balaban J connectivity index is 1.58. The number of guanidine groups is 1. The van der Waals surface area contributed by atoms with Gasteiger partial charge < -0.3 is 69.4 Å². The highest BCUT2D eigenvalue weighted by atomic mass is 16.4. The van der Waals surface area contributed by atoms with Crippen molar-refractivity contribution in [2.45, 2.75) is 121 Å². The van der Waals surface area contributed by atoms with Crippen LogP contribution in [0.1, 0.15) is 76.6 Å². The van der Waals surface area contributed by atoms with Crippen LogP contribution in [0.4, 0.5) is 5.69 Å². The Morgan fingerprint density at radius 2 is 1.40 bits per heavy atom. The average Bonchev–Trinajstić information content (AvgIpc) is 4.06. The van der Waals surface area contributed by atoms with Crippen molar-refractivity contribution in [1.82, 2.24) is 52.1 Å². The molecule has 1 aliphatic heterocycles. The molecular formula is C49H72N14O9. The molecule has 1 saturated heterocycles. The van der Waals surface area contributed by atoms with E-state index in [0.29, 0.717) is 41.8 Å². The van der Waals surface area contributed by atoms with Crippen molar-refractivity contribution in [2.24, 2.45) is 28.3 Å². The second kappa shape index (κ2) is 28.3. The fourth-order valence-corrected chi connectivity index (χ4v) is 8.18. The second-order valence-corrected chi connectivity index (χ2v) is 18.3. The largest absolute Gasteiger partial charge is 0.480 e. The van der Waals surface area contributed by atoms with Gasteiger partial charge in [0.05, 0.1) is 12.9 Å². The molecule has 2 aromatic carbocycles. The van der Waals surface area contributed by atoms with Crippen molar-refractivity contribution in [3.8, 4) is 0 Å². The smallest absolute Gasteiger partial charge is 0.326 e. The molecule has 0 aliphatic carbocycles. The summed E-state index contributed by atoms with van der Waals surface area (Å²) in [5.41, 5.74) is 19.1. The number of H-pyrrole nitrogens is 1. The van der Waals surface area contributed by atoms with E-state index in [2.05, 4.69) is 52.2 Å². The Morgan fingerprint density at radius 1 is 0.778 bits per heavy atom. The number of nitrogen functional groups attached to an aromatic ring is 1. The number of carbonyl (C=O) groups excluding carboxylic acids is 7. The molecule has 392 valence electrons. The van der Waals surface area contributed by atoms with Gasteiger partial charge in [0.1, 0.15) is 42.3 Å². The van der Waals surface area contributed by atoms with E-state index in [-0.39, 0.29) is 57.7 Å². The number of nitrogens with two attached hydrogens (primary N) is 3. The lowest BCUT2D eigenvalue weighted by atomic mass is 9.96. The van der Waals surface area contributed by atoms with Gasteiger partial charge in [-0.05, 0) is 67.8 Å². The fraction of sp³-hybridized carbons (Fsp3) is 0.510. The molecule has 1 aliphatic rings. The first kappa shape index (κ1) is 57.0. The molecule has 0 bridgehead atoms. The molecule has 0 radical (unpaired) electrons. The third-order valence-electron chi connectivity index (χ3n) is 12.4. The van der Waals surface area contributed by atoms with Gasteiger partial charge in [0.25, 0.3) is 0 Å². The molecule has 0 spiro atoms. The number of nitrogens with one attached hydrogen (secondary N) is 8. The quantitative estimate of drug-likeness (QED) is 0.0179. The number of anilines is 1. The molecule has 7 amide bonds. The lowest BCUT2D eigenvalue weighted by Gasteiger charge is -2.32. The summed E-state index contributed by atoms with van der Waals surface area (Å²) < 4.78 is 0. The number of carboxylic acids is 1. The normalized spacial score (nSPS) is 16.1. The molecule has 15 N–H and O–H groups in total. The Bertz CT molecular complexity index is 2310. The number of nitrogens with zero attached hydrogens (tertiary/aromatic N) is 3. The molecule has 4 rings (SSSR count).